The molecule has 0 saturated heterocycles. The van der Waals surface area contributed by atoms with Crippen LogP contribution in [-0.4, -0.2) is 33.7 Å². The predicted octanol–water partition coefficient (Wildman–Crippen LogP) is 4.88. The van der Waals surface area contributed by atoms with E-state index in [0.717, 1.165) is 17.6 Å². The Morgan fingerprint density at radius 2 is 2.03 bits per heavy atom. The maximum Gasteiger partial charge on any atom is 0.272 e. The largest absolute Gasteiger partial charge is 0.453 e. The Labute approximate surface area is 188 Å². The zero-order valence-corrected chi connectivity index (χ0v) is 18.5. The van der Waals surface area contributed by atoms with Crippen molar-refractivity contribution < 1.29 is 23.5 Å². The quantitative estimate of drug-likeness (QED) is 0.183. The minimum Gasteiger partial charge on any atom is -0.453 e. The molecule has 3 rings (SSSR count). The fraction of sp³-hybridized carbons (Fsp3) is 0.238. The number of nitrogens with zero attached hydrogens (tertiary/aromatic N) is 4. The van der Waals surface area contributed by atoms with Gasteiger partial charge in [-0.15, -0.1) is 11.8 Å². The van der Waals surface area contributed by atoms with Crippen molar-refractivity contribution in [3.05, 3.63) is 76.4 Å². The summed E-state index contributed by atoms with van der Waals surface area (Å²) in [7, 11) is 4.94. The van der Waals surface area contributed by atoms with E-state index in [-0.39, 0.29) is 11.4 Å². The number of hydrogen-bond donors (Lipinski definition) is 0. The summed E-state index contributed by atoms with van der Waals surface area (Å²) in [6.45, 7) is 3.78. The first-order valence-corrected chi connectivity index (χ1v) is 10.3. The summed E-state index contributed by atoms with van der Waals surface area (Å²) in [6, 6.07) is 4.80. The molecule has 0 spiro atoms. The van der Waals surface area contributed by atoms with Crippen LogP contribution in [0.25, 0.3) is 6.08 Å². The Bertz CT molecular complexity index is 1130. The van der Waals surface area contributed by atoms with Gasteiger partial charge in [0, 0.05) is 39.6 Å². The lowest BCUT2D eigenvalue weighted by molar-refractivity contribution is -0.385. The lowest BCUT2D eigenvalue weighted by atomic mass is 10.3. The van der Waals surface area contributed by atoms with Crippen molar-refractivity contribution in [3.63, 3.8) is 0 Å². The van der Waals surface area contributed by atoms with Gasteiger partial charge in [0.25, 0.3) is 5.69 Å². The highest BCUT2D eigenvalue weighted by Crippen LogP contribution is 2.38. The molecule has 0 aliphatic heterocycles. The standard InChI is InChI=1S/C21H21FN4O5S/c1-5-15-20(32-12-19-24-11-16(25(19)2)21(29-3)30-4)18(8-9-23-15)31-17-7-6-13(26(27)28)10-14(17)22/h5-11,21H,1,12H2,2-4H3. The van der Waals surface area contributed by atoms with Gasteiger partial charge in [0.05, 0.1) is 39.2 Å². The smallest absolute Gasteiger partial charge is 0.272 e. The summed E-state index contributed by atoms with van der Waals surface area (Å²) >= 11 is 1.38. The number of pyridine rings is 1. The fourth-order valence-electron chi connectivity index (χ4n) is 2.91. The number of imidazole rings is 1. The van der Waals surface area contributed by atoms with Crippen molar-refractivity contribution in [2.24, 2.45) is 7.05 Å². The van der Waals surface area contributed by atoms with Crippen LogP contribution in [0.2, 0.25) is 0 Å². The molecule has 0 N–H and O–H groups in total. The van der Waals surface area contributed by atoms with E-state index in [0.29, 0.717) is 22.1 Å². The highest BCUT2D eigenvalue weighted by molar-refractivity contribution is 7.98. The highest BCUT2D eigenvalue weighted by atomic mass is 32.2. The summed E-state index contributed by atoms with van der Waals surface area (Å²) in [4.78, 5) is 19.5. The second-order valence-corrected chi connectivity index (χ2v) is 7.44. The van der Waals surface area contributed by atoms with Gasteiger partial charge >= 0.3 is 0 Å². The topological polar surface area (TPSA) is 102 Å². The number of thioether (sulfide) groups is 1. The van der Waals surface area contributed by atoms with Crippen LogP contribution in [0.1, 0.15) is 23.5 Å². The first kappa shape index (κ1) is 23.4. The fourth-order valence-corrected chi connectivity index (χ4v) is 3.99. The van der Waals surface area contributed by atoms with Crippen LogP contribution in [0.15, 0.2) is 48.1 Å². The maximum atomic E-state index is 14.4. The van der Waals surface area contributed by atoms with Crippen LogP contribution in [0.3, 0.4) is 0 Å². The third-order valence-electron chi connectivity index (χ3n) is 4.57. The van der Waals surface area contributed by atoms with Gasteiger partial charge in [-0.1, -0.05) is 6.58 Å². The number of hydrogen-bond acceptors (Lipinski definition) is 8. The number of non-ortho nitro benzene ring substituents is 1. The van der Waals surface area contributed by atoms with Crippen molar-refractivity contribution in [2.75, 3.05) is 14.2 Å². The number of ether oxygens (including phenoxy) is 3. The van der Waals surface area contributed by atoms with E-state index in [9.17, 15) is 14.5 Å². The summed E-state index contributed by atoms with van der Waals surface area (Å²) in [5.41, 5.74) is 0.947. The average Bonchev–Trinajstić information content (AvgIpc) is 3.15. The van der Waals surface area contributed by atoms with E-state index in [4.69, 9.17) is 14.2 Å². The Kier molecular flexibility index (Phi) is 7.57. The van der Waals surface area contributed by atoms with Gasteiger partial charge in [-0.2, -0.15) is 0 Å². The molecule has 0 saturated carbocycles. The van der Waals surface area contributed by atoms with Crippen molar-refractivity contribution in [1.29, 1.82) is 0 Å². The van der Waals surface area contributed by atoms with E-state index in [1.54, 1.807) is 32.6 Å². The van der Waals surface area contributed by atoms with Gasteiger partial charge in [-0.3, -0.25) is 15.1 Å². The third kappa shape index (κ3) is 4.96. The zero-order chi connectivity index (χ0) is 23.3. The van der Waals surface area contributed by atoms with Gasteiger partial charge in [-0.25, -0.2) is 9.37 Å². The van der Waals surface area contributed by atoms with Crippen molar-refractivity contribution in [3.8, 4) is 11.5 Å². The molecular formula is C21H21FN4O5S. The molecule has 0 unspecified atom stereocenters. The number of methoxy groups -OCH3 is 2. The number of benzene rings is 1. The molecule has 0 bridgehead atoms. The molecule has 0 amide bonds. The molecule has 0 atom stereocenters. The number of nitro groups is 1. The van der Waals surface area contributed by atoms with Crippen LogP contribution in [0.5, 0.6) is 11.5 Å². The van der Waals surface area contributed by atoms with Crippen molar-refractivity contribution in [1.82, 2.24) is 14.5 Å². The second kappa shape index (κ2) is 10.4. The number of rotatable bonds is 10. The maximum absolute atomic E-state index is 14.4. The Hall–Kier alpha value is -3.28. The summed E-state index contributed by atoms with van der Waals surface area (Å²) < 4.78 is 32.5. The van der Waals surface area contributed by atoms with Crippen molar-refractivity contribution in [2.45, 2.75) is 16.9 Å². The van der Waals surface area contributed by atoms with Crippen LogP contribution in [-0.2, 0) is 22.3 Å². The molecule has 2 aromatic heterocycles. The van der Waals surface area contributed by atoms with Crippen molar-refractivity contribution >= 4 is 23.5 Å². The third-order valence-corrected chi connectivity index (χ3v) is 5.67. The molecule has 3 aromatic rings. The molecule has 0 aliphatic rings. The summed E-state index contributed by atoms with van der Waals surface area (Å²) in [6.07, 6.45) is 4.21. The monoisotopic (exact) mass is 460 g/mol. The van der Waals surface area contributed by atoms with Gasteiger partial charge < -0.3 is 18.8 Å². The van der Waals surface area contributed by atoms with E-state index < -0.39 is 17.0 Å². The van der Waals surface area contributed by atoms with E-state index in [2.05, 4.69) is 16.5 Å². The van der Waals surface area contributed by atoms with E-state index in [1.807, 2.05) is 11.6 Å². The lowest BCUT2D eigenvalue weighted by Crippen LogP contribution is -2.10. The van der Waals surface area contributed by atoms with Crippen LogP contribution >= 0.6 is 11.8 Å². The van der Waals surface area contributed by atoms with Crippen LogP contribution < -0.4 is 4.74 Å². The highest BCUT2D eigenvalue weighted by Gasteiger charge is 2.19. The lowest BCUT2D eigenvalue weighted by Gasteiger charge is -2.15. The Morgan fingerprint density at radius 3 is 2.66 bits per heavy atom. The Morgan fingerprint density at radius 1 is 1.28 bits per heavy atom. The van der Waals surface area contributed by atoms with E-state index in [1.165, 1.54) is 30.1 Å². The number of aromatic nitrogens is 3. The number of halogens is 1. The number of nitro benzene ring substituents is 1. The van der Waals surface area contributed by atoms with Gasteiger partial charge in [0.2, 0.25) is 0 Å². The van der Waals surface area contributed by atoms with Gasteiger partial charge in [0.15, 0.2) is 17.9 Å². The van der Waals surface area contributed by atoms with Gasteiger partial charge in [0.1, 0.15) is 11.6 Å². The van der Waals surface area contributed by atoms with E-state index >= 15 is 0 Å². The van der Waals surface area contributed by atoms with Crippen LogP contribution in [0, 0.1) is 15.9 Å². The second-order valence-electron chi connectivity index (χ2n) is 6.45. The summed E-state index contributed by atoms with van der Waals surface area (Å²) in [5.74, 6) is 0.554. The summed E-state index contributed by atoms with van der Waals surface area (Å²) in [5, 5.41) is 10.8. The van der Waals surface area contributed by atoms with Crippen LogP contribution in [0.4, 0.5) is 10.1 Å². The SMILES string of the molecule is C=Cc1nccc(Oc2ccc([N+](=O)[O-])cc2F)c1SCc1ncc(C(OC)OC)n1C. The molecular weight excluding hydrogens is 439 g/mol. The normalized spacial score (nSPS) is 11.0. The molecule has 32 heavy (non-hydrogen) atoms. The van der Waals surface area contributed by atoms with Gasteiger partial charge in [-0.05, 0) is 12.1 Å². The molecule has 9 nitrogen and oxygen atoms in total. The average molecular weight is 460 g/mol. The molecule has 0 fully saturated rings. The molecule has 0 radical (unpaired) electrons. The molecule has 2 heterocycles. The molecule has 1 aromatic carbocycles. The Balaban J connectivity index is 1.87. The first-order valence-electron chi connectivity index (χ1n) is 9.31. The minimum atomic E-state index is -0.842. The predicted molar refractivity (Wildman–Crippen MR) is 117 cm³/mol. The zero-order valence-electron chi connectivity index (χ0n) is 17.6. The first-order chi connectivity index (χ1) is 15.4. The molecule has 11 heteroatoms. The molecule has 168 valence electrons. The minimum absolute atomic E-state index is 0.138. The molecule has 0 aliphatic carbocycles.